The van der Waals surface area contributed by atoms with Gasteiger partial charge in [0.05, 0.1) is 0 Å². The van der Waals surface area contributed by atoms with Gasteiger partial charge in [-0.3, -0.25) is 24.0 Å². The normalized spacial score (nSPS) is 25.1. The van der Waals surface area contributed by atoms with Crippen molar-refractivity contribution in [3.8, 4) is 0 Å². The summed E-state index contributed by atoms with van der Waals surface area (Å²) in [5.74, 6) is -3.86. The van der Waals surface area contributed by atoms with E-state index >= 15 is 0 Å². The highest BCUT2D eigenvalue weighted by molar-refractivity contribution is 5.79. The smallest absolute Gasteiger partial charge is 0.305 e. The number of amides is 1. The molecule has 1 rings (SSSR count). The highest BCUT2D eigenvalue weighted by Crippen LogP contribution is 2.28. The van der Waals surface area contributed by atoms with E-state index in [-0.39, 0.29) is 0 Å². The molecule has 14 nitrogen and oxygen atoms in total. The van der Waals surface area contributed by atoms with E-state index in [1.165, 1.54) is 0 Å². The summed E-state index contributed by atoms with van der Waals surface area (Å²) in [5, 5.41) is 5.48. The third-order valence-corrected chi connectivity index (χ3v) is 3.59. The molecule has 1 heterocycles. The van der Waals surface area contributed by atoms with Crippen molar-refractivity contribution in [3.63, 3.8) is 0 Å². The van der Waals surface area contributed by atoms with Gasteiger partial charge in [0.15, 0.2) is 12.2 Å². The number of azide groups is 1. The van der Waals surface area contributed by atoms with Gasteiger partial charge in [0.2, 0.25) is 12.2 Å². The van der Waals surface area contributed by atoms with Crippen LogP contribution in [-0.2, 0) is 47.7 Å². The highest BCUT2D eigenvalue weighted by Gasteiger charge is 2.52. The van der Waals surface area contributed by atoms with Crippen LogP contribution in [-0.4, -0.2) is 73.6 Å². The molecule has 1 amide bonds. The van der Waals surface area contributed by atoms with Gasteiger partial charge in [0, 0.05) is 32.6 Å². The number of carbonyl (C=O) groups is 5. The Bertz CT molecular complexity index is 736. The van der Waals surface area contributed by atoms with Crippen LogP contribution in [0.3, 0.4) is 0 Å². The molecule has 14 heteroatoms. The number of nitrogens with zero attached hydrogens (tertiary/aromatic N) is 3. The van der Waals surface area contributed by atoms with Gasteiger partial charge < -0.3 is 29.0 Å². The summed E-state index contributed by atoms with van der Waals surface area (Å²) in [7, 11) is 0. The first-order valence-electron chi connectivity index (χ1n) is 8.65. The fourth-order valence-corrected chi connectivity index (χ4v) is 2.65. The Morgan fingerprint density at radius 3 is 2.00 bits per heavy atom. The van der Waals surface area contributed by atoms with Crippen LogP contribution in [0.1, 0.15) is 27.7 Å². The Morgan fingerprint density at radius 2 is 1.50 bits per heavy atom. The zero-order chi connectivity index (χ0) is 22.8. The third-order valence-electron chi connectivity index (χ3n) is 3.59. The van der Waals surface area contributed by atoms with Gasteiger partial charge in [0.1, 0.15) is 25.3 Å². The molecule has 0 saturated carbocycles. The van der Waals surface area contributed by atoms with Gasteiger partial charge in [-0.2, -0.15) is 0 Å². The average Bonchev–Trinajstić information content (AvgIpc) is 2.62. The fraction of sp³-hybridized carbons (Fsp3) is 0.688. The molecule has 1 N–H and O–H groups in total. The van der Waals surface area contributed by atoms with Gasteiger partial charge in [-0.1, -0.05) is 5.11 Å². The van der Waals surface area contributed by atoms with Crippen molar-refractivity contribution in [2.45, 2.75) is 58.3 Å². The molecule has 1 saturated heterocycles. The van der Waals surface area contributed by atoms with Crippen LogP contribution in [0.2, 0.25) is 0 Å². The predicted octanol–water partition coefficient (Wildman–Crippen LogP) is -0.504. The van der Waals surface area contributed by atoms with Gasteiger partial charge in [-0.05, 0) is 5.53 Å². The third kappa shape index (κ3) is 7.93. The lowest BCUT2D eigenvalue weighted by molar-refractivity contribution is -0.271. The maximum absolute atomic E-state index is 12.1. The van der Waals surface area contributed by atoms with Gasteiger partial charge in [0.25, 0.3) is 0 Å². The molecule has 0 radical (unpaired) electrons. The van der Waals surface area contributed by atoms with Gasteiger partial charge >= 0.3 is 23.9 Å². The van der Waals surface area contributed by atoms with E-state index < -0.39 is 73.6 Å². The minimum absolute atomic E-state index is 0.428. The molecule has 1 aliphatic rings. The standard InChI is InChI=1S/C16H22N4O10/c1-7(21)26-6-11-14(27-8(2)22)15(28-9(3)23)13(16(30-11)29-10(4)24)19-12(25)5-18-20-17/h11,13-16H,5-6H2,1-4H3,(H,19,25)/t11-,13+,14+,15+,16-/m0/s1. The maximum Gasteiger partial charge on any atom is 0.305 e. The Labute approximate surface area is 170 Å². The van der Waals surface area contributed by atoms with Crippen molar-refractivity contribution in [2.24, 2.45) is 5.11 Å². The molecule has 1 fully saturated rings. The number of rotatable bonds is 8. The van der Waals surface area contributed by atoms with E-state index in [4.69, 9.17) is 29.2 Å². The van der Waals surface area contributed by atoms with E-state index in [1.807, 2.05) is 0 Å². The fourth-order valence-electron chi connectivity index (χ4n) is 2.65. The molecule has 5 atom stereocenters. The van der Waals surface area contributed by atoms with Crippen LogP contribution in [0.5, 0.6) is 0 Å². The van der Waals surface area contributed by atoms with Crippen LogP contribution in [0, 0.1) is 0 Å². The molecule has 0 aliphatic carbocycles. The molecule has 0 spiro atoms. The first-order valence-corrected chi connectivity index (χ1v) is 8.65. The summed E-state index contributed by atoms with van der Waals surface area (Å²) in [6.07, 6.45) is -5.42. The summed E-state index contributed by atoms with van der Waals surface area (Å²) >= 11 is 0. The van der Waals surface area contributed by atoms with Crippen molar-refractivity contribution in [1.82, 2.24) is 5.32 Å². The minimum Gasteiger partial charge on any atom is -0.463 e. The molecule has 0 aromatic carbocycles. The highest BCUT2D eigenvalue weighted by atomic mass is 16.7. The largest absolute Gasteiger partial charge is 0.463 e. The summed E-state index contributed by atoms with van der Waals surface area (Å²) < 4.78 is 25.9. The lowest BCUT2D eigenvalue weighted by Gasteiger charge is -2.44. The van der Waals surface area contributed by atoms with E-state index in [0.717, 1.165) is 27.7 Å². The Hall–Kier alpha value is -3.38. The molecule has 30 heavy (non-hydrogen) atoms. The lowest BCUT2D eigenvalue weighted by Crippen LogP contribution is -2.67. The molecular weight excluding hydrogens is 408 g/mol. The second kappa shape index (κ2) is 11.6. The van der Waals surface area contributed by atoms with Crippen molar-refractivity contribution in [1.29, 1.82) is 0 Å². The number of ether oxygens (including phenoxy) is 5. The maximum atomic E-state index is 12.1. The number of hydrogen-bond acceptors (Lipinski definition) is 11. The summed E-state index contributed by atoms with van der Waals surface area (Å²) in [4.78, 5) is 60.5. The second-order valence-electron chi connectivity index (χ2n) is 6.09. The SMILES string of the molecule is CC(=O)OC[C@@H]1O[C@H](OC(C)=O)[C@H](NC(=O)CN=[N+]=[N-])[C@@H](OC(C)=O)[C@@H]1OC(C)=O. The zero-order valence-corrected chi connectivity index (χ0v) is 16.7. The second-order valence-corrected chi connectivity index (χ2v) is 6.09. The van der Waals surface area contributed by atoms with Crippen LogP contribution in [0.25, 0.3) is 10.4 Å². The number of carbonyl (C=O) groups excluding carboxylic acids is 5. The van der Waals surface area contributed by atoms with E-state index in [1.54, 1.807) is 0 Å². The summed E-state index contributed by atoms with van der Waals surface area (Å²) in [5.41, 5.74) is 8.36. The first-order chi connectivity index (χ1) is 14.0. The quantitative estimate of drug-likeness (QED) is 0.172. The van der Waals surface area contributed by atoms with E-state index in [2.05, 4.69) is 15.3 Å². The minimum atomic E-state index is -1.51. The number of esters is 4. The van der Waals surface area contributed by atoms with Crippen molar-refractivity contribution < 1.29 is 47.7 Å². The number of nitrogens with one attached hydrogen (secondary N) is 1. The Morgan fingerprint density at radius 1 is 0.933 bits per heavy atom. The van der Waals surface area contributed by atoms with Crippen LogP contribution in [0.4, 0.5) is 0 Å². The predicted molar refractivity (Wildman–Crippen MR) is 94.1 cm³/mol. The van der Waals surface area contributed by atoms with Crippen molar-refractivity contribution in [3.05, 3.63) is 10.4 Å². The Balaban J connectivity index is 3.33. The van der Waals surface area contributed by atoms with Gasteiger partial charge in [-0.25, -0.2) is 0 Å². The van der Waals surface area contributed by atoms with Crippen LogP contribution in [0.15, 0.2) is 5.11 Å². The van der Waals surface area contributed by atoms with E-state index in [0.29, 0.717) is 0 Å². The molecule has 0 aromatic rings. The Kier molecular flexibility index (Phi) is 9.52. The lowest BCUT2D eigenvalue weighted by atomic mass is 9.96. The molecule has 166 valence electrons. The first kappa shape index (κ1) is 24.7. The van der Waals surface area contributed by atoms with Crippen molar-refractivity contribution in [2.75, 3.05) is 13.2 Å². The van der Waals surface area contributed by atoms with Crippen LogP contribution < -0.4 is 5.32 Å². The van der Waals surface area contributed by atoms with Crippen LogP contribution >= 0.6 is 0 Å². The molecule has 0 unspecified atom stereocenters. The average molecular weight is 430 g/mol. The molecule has 0 aromatic heterocycles. The monoisotopic (exact) mass is 430 g/mol. The zero-order valence-electron chi connectivity index (χ0n) is 16.7. The topological polar surface area (TPSA) is 192 Å². The van der Waals surface area contributed by atoms with Gasteiger partial charge in [-0.15, -0.1) is 0 Å². The molecule has 1 aliphatic heterocycles. The van der Waals surface area contributed by atoms with Crippen molar-refractivity contribution >= 4 is 29.8 Å². The molecular formula is C16H22N4O10. The number of hydrogen-bond donors (Lipinski definition) is 1. The summed E-state index contributed by atoms with van der Waals surface area (Å²) in [6, 6.07) is -1.34. The summed E-state index contributed by atoms with van der Waals surface area (Å²) in [6.45, 7) is 3.32. The van der Waals surface area contributed by atoms with E-state index in [9.17, 15) is 24.0 Å². The molecule has 0 bridgehead atoms.